The maximum absolute atomic E-state index is 12.4. The molecular weight excluding hydrogens is 348 g/mol. The highest BCUT2D eigenvalue weighted by molar-refractivity contribution is 7.92. The van der Waals surface area contributed by atoms with E-state index in [1.807, 2.05) is 0 Å². The van der Waals surface area contributed by atoms with Crippen LogP contribution in [0.25, 0.3) is 0 Å². The van der Waals surface area contributed by atoms with Gasteiger partial charge in [-0.15, -0.1) is 0 Å². The van der Waals surface area contributed by atoms with Gasteiger partial charge in [-0.05, 0) is 30.3 Å². The molecule has 3 N–H and O–H groups in total. The fraction of sp³-hybridized carbons (Fsp3) is 0.125. The molecule has 0 spiro atoms. The summed E-state index contributed by atoms with van der Waals surface area (Å²) in [5.41, 5.74) is 0.150. The van der Waals surface area contributed by atoms with Gasteiger partial charge in [-0.2, -0.15) is 0 Å². The number of carbonyl (C=O) groups is 2. The average Bonchev–Trinajstić information content (AvgIpc) is 2.60. The Kier molecular flexibility index (Phi) is 5.28. The van der Waals surface area contributed by atoms with Gasteiger partial charge in [0.2, 0.25) is 0 Å². The summed E-state index contributed by atoms with van der Waals surface area (Å²) in [7, 11) is -1.39. The van der Waals surface area contributed by atoms with Crippen molar-refractivity contribution in [2.45, 2.75) is 4.90 Å². The predicted molar refractivity (Wildman–Crippen MR) is 90.1 cm³/mol. The summed E-state index contributed by atoms with van der Waals surface area (Å²) in [5.74, 6) is -1.59. The summed E-state index contributed by atoms with van der Waals surface area (Å²) in [5, 5.41) is 12.2. The van der Waals surface area contributed by atoms with Crippen LogP contribution in [0.3, 0.4) is 0 Å². The third-order valence-electron chi connectivity index (χ3n) is 3.29. The second-order valence-corrected chi connectivity index (χ2v) is 6.62. The molecule has 0 aromatic heterocycles. The molecule has 132 valence electrons. The summed E-state index contributed by atoms with van der Waals surface area (Å²) in [6, 6.07) is 9.12. The van der Waals surface area contributed by atoms with Crippen molar-refractivity contribution in [2.75, 3.05) is 18.9 Å². The van der Waals surface area contributed by atoms with Gasteiger partial charge >= 0.3 is 5.97 Å². The van der Waals surface area contributed by atoms with E-state index in [9.17, 15) is 23.1 Å². The zero-order valence-corrected chi connectivity index (χ0v) is 14.3. The zero-order chi connectivity index (χ0) is 18.6. The Labute approximate surface area is 144 Å². The van der Waals surface area contributed by atoms with Crippen molar-refractivity contribution in [1.29, 1.82) is 0 Å². The molecule has 0 heterocycles. The van der Waals surface area contributed by atoms with Crippen LogP contribution in [0.1, 0.15) is 20.7 Å². The topological polar surface area (TPSA) is 122 Å². The molecule has 0 unspecified atom stereocenters. The lowest BCUT2D eigenvalue weighted by Gasteiger charge is -2.10. The molecule has 0 saturated carbocycles. The SMILES string of the molecule is CNC(=O)c1cccc(S(=O)(=O)Nc2ccc(C(=O)OC)c(O)c2)c1. The summed E-state index contributed by atoms with van der Waals surface area (Å²) < 4.78 is 31.6. The van der Waals surface area contributed by atoms with Crippen molar-refractivity contribution in [3.05, 3.63) is 53.6 Å². The van der Waals surface area contributed by atoms with Crippen molar-refractivity contribution in [1.82, 2.24) is 5.32 Å². The molecule has 0 aliphatic heterocycles. The van der Waals surface area contributed by atoms with Crippen LogP contribution in [0.4, 0.5) is 5.69 Å². The van der Waals surface area contributed by atoms with Gasteiger partial charge in [0.25, 0.3) is 15.9 Å². The number of ether oxygens (including phenoxy) is 1. The highest BCUT2D eigenvalue weighted by Gasteiger charge is 2.18. The van der Waals surface area contributed by atoms with E-state index < -0.39 is 27.6 Å². The molecule has 0 saturated heterocycles. The number of phenolic OH excluding ortho intramolecular Hbond substituents is 1. The number of benzene rings is 2. The molecule has 2 rings (SSSR count). The minimum absolute atomic E-state index is 0.0514. The van der Waals surface area contributed by atoms with Crippen molar-refractivity contribution in [3.8, 4) is 5.75 Å². The summed E-state index contributed by atoms with van der Waals surface area (Å²) >= 11 is 0. The molecule has 0 fully saturated rings. The molecular formula is C16H16N2O6S. The van der Waals surface area contributed by atoms with Crippen LogP contribution in [-0.4, -0.2) is 39.6 Å². The lowest BCUT2D eigenvalue weighted by Crippen LogP contribution is -2.19. The first kappa shape index (κ1) is 18.3. The number of hydrogen-bond donors (Lipinski definition) is 3. The molecule has 2 aromatic carbocycles. The Hall–Kier alpha value is -3.07. The number of amides is 1. The molecule has 0 atom stereocenters. The number of rotatable bonds is 5. The molecule has 0 radical (unpaired) electrons. The van der Waals surface area contributed by atoms with E-state index in [1.54, 1.807) is 0 Å². The van der Waals surface area contributed by atoms with Gasteiger partial charge in [0.15, 0.2) is 0 Å². The highest BCUT2D eigenvalue weighted by Crippen LogP contribution is 2.25. The van der Waals surface area contributed by atoms with Gasteiger partial charge in [-0.3, -0.25) is 9.52 Å². The monoisotopic (exact) mass is 364 g/mol. The van der Waals surface area contributed by atoms with E-state index in [4.69, 9.17) is 0 Å². The average molecular weight is 364 g/mol. The lowest BCUT2D eigenvalue weighted by atomic mass is 10.2. The smallest absolute Gasteiger partial charge is 0.341 e. The van der Waals surface area contributed by atoms with E-state index in [0.29, 0.717) is 0 Å². The quantitative estimate of drug-likeness (QED) is 0.688. The zero-order valence-electron chi connectivity index (χ0n) is 13.4. The first-order chi connectivity index (χ1) is 11.8. The molecule has 0 aliphatic carbocycles. The van der Waals surface area contributed by atoms with Gasteiger partial charge < -0.3 is 15.2 Å². The summed E-state index contributed by atoms with van der Waals surface area (Å²) in [6.07, 6.45) is 0. The van der Waals surface area contributed by atoms with E-state index in [2.05, 4.69) is 14.8 Å². The molecule has 25 heavy (non-hydrogen) atoms. The van der Waals surface area contributed by atoms with Crippen LogP contribution in [0, 0.1) is 0 Å². The number of hydrogen-bond acceptors (Lipinski definition) is 6. The van der Waals surface area contributed by atoms with Crippen molar-refractivity contribution < 1.29 is 27.9 Å². The molecule has 1 amide bonds. The Bertz CT molecular complexity index is 924. The van der Waals surface area contributed by atoms with Gasteiger partial charge in [0, 0.05) is 18.7 Å². The fourth-order valence-electron chi connectivity index (χ4n) is 2.04. The van der Waals surface area contributed by atoms with Crippen LogP contribution in [0.2, 0.25) is 0 Å². The largest absolute Gasteiger partial charge is 0.507 e. The van der Waals surface area contributed by atoms with Crippen molar-refractivity contribution in [2.24, 2.45) is 0 Å². The number of phenols is 1. The Morgan fingerprint density at radius 2 is 1.84 bits per heavy atom. The third kappa shape index (κ3) is 4.07. The summed E-state index contributed by atoms with van der Waals surface area (Å²) in [6.45, 7) is 0. The normalized spacial score (nSPS) is 10.8. The molecule has 9 heteroatoms. The van der Waals surface area contributed by atoms with Crippen LogP contribution in [0.15, 0.2) is 47.4 Å². The molecule has 0 aliphatic rings. The second-order valence-electron chi connectivity index (χ2n) is 4.94. The van der Waals surface area contributed by atoms with Crippen LogP contribution >= 0.6 is 0 Å². The predicted octanol–water partition coefficient (Wildman–Crippen LogP) is 1.34. The Balaban J connectivity index is 2.32. The maximum atomic E-state index is 12.4. The van der Waals surface area contributed by atoms with Gasteiger partial charge in [-0.25, -0.2) is 13.2 Å². The Morgan fingerprint density at radius 1 is 1.12 bits per heavy atom. The van der Waals surface area contributed by atoms with Crippen LogP contribution < -0.4 is 10.0 Å². The number of anilines is 1. The number of sulfonamides is 1. The van der Waals surface area contributed by atoms with Gasteiger partial charge in [0.05, 0.1) is 17.7 Å². The lowest BCUT2D eigenvalue weighted by molar-refractivity contribution is 0.0597. The van der Waals surface area contributed by atoms with Crippen molar-refractivity contribution >= 4 is 27.6 Å². The fourth-order valence-corrected chi connectivity index (χ4v) is 3.14. The number of carbonyl (C=O) groups excluding carboxylic acids is 2. The molecule has 0 bridgehead atoms. The minimum atomic E-state index is -3.99. The van der Waals surface area contributed by atoms with Crippen molar-refractivity contribution in [3.63, 3.8) is 0 Å². The van der Waals surface area contributed by atoms with E-state index in [-0.39, 0.29) is 21.7 Å². The van der Waals surface area contributed by atoms with E-state index >= 15 is 0 Å². The second kappa shape index (κ2) is 7.22. The standard InChI is InChI=1S/C16H16N2O6S/c1-17-15(20)10-4-3-5-12(8-10)25(22,23)18-11-6-7-13(14(19)9-11)16(21)24-2/h3-9,18-19H,1-2H3,(H,17,20). The number of nitrogens with one attached hydrogen (secondary N) is 2. The number of aromatic hydroxyl groups is 1. The van der Waals surface area contributed by atoms with E-state index in [0.717, 1.165) is 13.2 Å². The number of esters is 1. The summed E-state index contributed by atoms with van der Waals surface area (Å²) in [4.78, 5) is 22.9. The maximum Gasteiger partial charge on any atom is 0.341 e. The first-order valence-corrected chi connectivity index (χ1v) is 8.53. The third-order valence-corrected chi connectivity index (χ3v) is 4.67. The minimum Gasteiger partial charge on any atom is -0.507 e. The van der Waals surface area contributed by atoms with E-state index in [1.165, 1.54) is 43.4 Å². The molecule has 8 nitrogen and oxygen atoms in total. The van der Waals surface area contributed by atoms with Gasteiger partial charge in [-0.1, -0.05) is 6.07 Å². The Morgan fingerprint density at radius 3 is 2.44 bits per heavy atom. The van der Waals surface area contributed by atoms with Crippen LogP contribution in [-0.2, 0) is 14.8 Å². The first-order valence-electron chi connectivity index (χ1n) is 7.05. The van der Waals surface area contributed by atoms with Gasteiger partial charge in [0.1, 0.15) is 11.3 Å². The highest BCUT2D eigenvalue weighted by atomic mass is 32.2. The van der Waals surface area contributed by atoms with Crippen LogP contribution in [0.5, 0.6) is 5.75 Å². The number of methoxy groups -OCH3 is 1. The molecule has 2 aromatic rings.